The van der Waals surface area contributed by atoms with Crippen LogP contribution in [-0.4, -0.2) is 47.7 Å². The van der Waals surface area contributed by atoms with Gasteiger partial charge >= 0.3 is 6.03 Å². The van der Waals surface area contributed by atoms with E-state index in [0.717, 1.165) is 0 Å². The van der Waals surface area contributed by atoms with Gasteiger partial charge in [0, 0.05) is 45.1 Å². The van der Waals surface area contributed by atoms with Gasteiger partial charge in [0.25, 0.3) is 5.56 Å². The summed E-state index contributed by atoms with van der Waals surface area (Å²) in [4.78, 5) is 29.0. The highest BCUT2D eigenvalue weighted by Gasteiger charge is 2.16. The molecule has 0 fully saturated rings. The summed E-state index contributed by atoms with van der Waals surface area (Å²) < 4.78 is 1.63. The number of rotatable bonds is 4. The Balaban J connectivity index is 2.62. The first-order valence-electron chi connectivity index (χ1n) is 6.50. The van der Waals surface area contributed by atoms with E-state index in [1.54, 1.807) is 31.1 Å². The van der Waals surface area contributed by atoms with E-state index in [-0.39, 0.29) is 17.1 Å². The predicted octanol–water partition coefficient (Wildman–Crippen LogP) is 0.681. The van der Waals surface area contributed by atoms with E-state index in [1.165, 1.54) is 4.90 Å². The van der Waals surface area contributed by atoms with Gasteiger partial charge in [-0.15, -0.1) is 0 Å². The summed E-state index contributed by atoms with van der Waals surface area (Å²) in [5, 5.41) is 5.65. The van der Waals surface area contributed by atoms with Crippen LogP contribution in [0.1, 0.15) is 20.8 Å². The molecule has 0 radical (unpaired) electrons. The van der Waals surface area contributed by atoms with Crippen molar-refractivity contribution in [3.05, 3.63) is 22.7 Å². The molecule has 0 unspecified atom stereocenters. The Bertz CT molecular complexity index is 516. The number of amides is 2. The van der Waals surface area contributed by atoms with Crippen LogP contribution in [0.2, 0.25) is 0 Å². The average Bonchev–Trinajstić information content (AvgIpc) is 2.34. The van der Waals surface area contributed by atoms with E-state index < -0.39 is 0 Å². The summed E-state index contributed by atoms with van der Waals surface area (Å²) in [7, 11) is 3.34. The summed E-state index contributed by atoms with van der Waals surface area (Å²) in [5.74, 6) is 0.293. The molecule has 1 aromatic heterocycles. The maximum Gasteiger partial charge on any atom is 0.316 e. The molecule has 1 rings (SSSR count). The largest absolute Gasteiger partial charge is 0.364 e. The number of urea groups is 1. The Morgan fingerprint density at radius 3 is 2.55 bits per heavy atom. The van der Waals surface area contributed by atoms with Gasteiger partial charge in [-0.05, 0) is 20.8 Å². The van der Waals surface area contributed by atoms with Gasteiger partial charge in [0.15, 0.2) is 5.82 Å². The summed E-state index contributed by atoms with van der Waals surface area (Å²) in [6, 6.07) is -0.167. The van der Waals surface area contributed by atoms with Gasteiger partial charge in [-0.3, -0.25) is 4.79 Å². The van der Waals surface area contributed by atoms with Gasteiger partial charge < -0.3 is 20.1 Å². The molecule has 2 amide bonds. The third-order valence-electron chi connectivity index (χ3n) is 2.66. The highest BCUT2D eigenvalue weighted by atomic mass is 16.2. The Hall–Kier alpha value is -2.05. The number of carbonyl (C=O) groups is 1. The molecule has 0 bridgehead atoms. The molecule has 0 aromatic carbocycles. The number of hydrogen-bond donors (Lipinski definition) is 2. The van der Waals surface area contributed by atoms with Crippen LogP contribution in [0, 0.1) is 0 Å². The van der Waals surface area contributed by atoms with Crippen LogP contribution < -0.4 is 16.2 Å². The lowest BCUT2D eigenvalue weighted by molar-refractivity contribution is 0.218. The first kappa shape index (κ1) is 16.0. The Kier molecular flexibility index (Phi) is 5.12. The van der Waals surface area contributed by atoms with E-state index in [9.17, 15) is 9.59 Å². The molecule has 112 valence electrons. The fourth-order valence-electron chi connectivity index (χ4n) is 1.57. The first-order valence-corrected chi connectivity index (χ1v) is 6.50. The van der Waals surface area contributed by atoms with Gasteiger partial charge in [-0.1, -0.05) is 0 Å². The minimum Gasteiger partial charge on any atom is -0.364 e. The van der Waals surface area contributed by atoms with Gasteiger partial charge in [-0.2, -0.15) is 0 Å². The van der Waals surface area contributed by atoms with Gasteiger partial charge in [0.2, 0.25) is 0 Å². The standard InChI is InChI=1S/C13H23N5O2/c1-13(2,3)18-9-8-15-10(11(18)19)14-6-7-16-12(20)17(4)5/h8-9H,6-7H2,1-5H3,(H,14,15)(H,16,20). The van der Waals surface area contributed by atoms with Crippen molar-refractivity contribution in [3.8, 4) is 0 Å². The van der Waals surface area contributed by atoms with Crippen LogP contribution in [0.3, 0.4) is 0 Å². The van der Waals surface area contributed by atoms with Crippen LogP contribution >= 0.6 is 0 Å². The van der Waals surface area contributed by atoms with Crippen molar-refractivity contribution < 1.29 is 4.79 Å². The molecule has 20 heavy (non-hydrogen) atoms. The van der Waals surface area contributed by atoms with Gasteiger partial charge in [0.05, 0.1) is 0 Å². The molecule has 1 heterocycles. The fraction of sp³-hybridized carbons (Fsp3) is 0.615. The zero-order chi connectivity index (χ0) is 15.3. The van der Waals surface area contributed by atoms with E-state index >= 15 is 0 Å². The Morgan fingerprint density at radius 2 is 2.00 bits per heavy atom. The summed E-state index contributed by atoms with van der Waals surface area (Å²) in [6.45, 7) is 6.72. The molecule has 0 aliphatic carbocycles. The molecule has 0 aliphatic heterocycles. The number of nitrogens with one attached hydrogen (secondary N) is 2. The van der Waals surface area contributed by atoms with E-state index in [0.29, 0.717) is 18.9 Å². The molecule has 7 nitrogen and oxygen atoms in total. The lowest BCUT2D eigenvalue weighted by Crippen LogP contribution is -2.38. The second kappa shape index (κ2) is 6.40. The third kappa shape index (κ3) is 4.25. The van der Waals surface area contributed by atoms with Crippen molar-refractivity contribution in [2.45, 2.75) is 26.3 Å². The molecule has 2 N–H and O–H groups in total. The van der Waals surface area contributed by atoms with Crippen LogP contribution in [0.25, 0.3) is 0 Å². The highest BCUT2D eigenvalue weighted by molar-refractivity contribution is 5.73. The second-order valence-electron chi connectivity index (χ2n) is 5.67. The van der Waals surface area contributed by atoms with Gasteiger partial charge in [-0.25, -0.2) is 9.78 Å². The molecular formula is C13H23N5O2. The van der Waals surface area contributed by atoms with Crippen molar-refractivity contribution in [2.75, 3.05) is 32.5 Å². The molecule has 0 atom stereocenters. The van der Waals surface area contributed by atoms with E-state index in [4.69, 9.17) is 0 Å². The number of hydrogen-bond acceptors (Lipinski definition) is 4. The Labute approximate surface area is 119 Å². The van der Waals surface area contributed by atoms with E-state index in [2.05, 4.69) is 15.6 Å². The quantitative estimate of drug-likeness (QED) is 0.796. The maximum atomic E-state index is 12.2. The summed E-state index contributed by atoms with van der Waals surface area (Å²) >= 11 is 0. The van der Waals surface area contributed by atoms with Crippen molar-refractivity contribution in [2.24, 2.45) is 0 Å². The molecule has 1 aromatic rings. The number of anilines is 1. The summed E-state index contributed by atoms with van der Waals surface area (Å²) in [6.07, 6.45) is 3.26. The topological polar surface area (TPSA) is 79.3 Å². The maximum absolute atomic E-state index is 12.2. The second-order valence-corrected chi connectivity index (χ2v) is 5.67. The van der Waals surface area contributed by atoms with Crippen molar-refractivity contribution in [1.29, 1.82) is 0 Å². The molecule has 7 heteroatoms. The van der Waals surface area contributed by atoms with Crippen molar-refractivity contribution in [3.63, 3.8) is 0 Å². The molecule has 0 saturated heterocycles. The molecule has 0 saturated carbocycles. The van der Waals surface area contributed by atoms with Crippen LogP contribution in [0.4, 0.5) is 10.6 Å². The lowest BCUT2D eigenvalue weighted by atomic mass is 10.1. The molecule has 0 aliphatic rings. The first-order chi connectivity index (χ1) is 9.23. The van der Waals surface area contributed by atoms with Crippen molar-refractivity contribution in [1.82, 2.24) is 19.8 Å². The smallest absolute Gasteiger partial charge is 0.316 e. The number of carbonyl (C=O) groups excluding carboxylic acids is 1. The third-order valence-corrected chi connectivity index (χ3v) is 2.66. The zero-order valence-corrected chi connectivity index (χ0v) is 12.7. The monoisotopic (exact) mass is 281 g/mol. The SMILES string of the molecule is CN(C)C(=O)NCCNc1nccn(C(C)(C)C)c1=O. The van der Waals surface area contributed by atoms with Gasteiger partial charge in [0.1, 0.15) is 0 Å². The molecule has 0 spiro atoms. The Morgan fingerprint density at radius 1 is 1.35 bits per heavy atom. The lowest BCUT2D eigenvalue weighted by Gasteiger charge is -2.22. The van der Waals surface area contributed by atoms with Crippen LogP contribution in [-0.2, 0) is 5.54 Å². The van der Waals surface area contributed by atoms with Crippen LogP contribution in [0.15, 0.2) is 17.2 Å². The molecular weight excluding hydrogens is 258 g/mol. The number of aromatic nitrogens is 2. The zero-order valence-electron chi connectivity index (χ0n) is 12.7. The van der Waals surface area contributed by atoms with Crippen molar-refractivity contribution >= 4 is 11.8 Å². The minimum absolute atomic E-state index is 0.167. The average molecular weight is 281 g/mol. The predicted molar refractivity (Wildman–Crippen MR) is 79.1 cm³/mol. The fourth-order valence-corrected chi connectivity index (χ4v) is 1.57. The number of nitrogens with zero attached hydrogens (tertiary/aromatic N) is 3. The van der Waals surface area contributed by atoms with E-state index in [1.807, 2.05) is 20.8 Å². The summed E-state index contributed by atoms with van der Waals surface area (Å²) in [5.41, 5.74) is -0.464. The minimum atomic E-state index is -0.296. The normalized spacial score (nSPS) is 11.1. The highest BCUT2D eigenvalue weighted by Crippen LogP contribution is 2.10. The van der Waals surface area contributed by atoms with Crippen LogP contribution in [0.5, 0.6) is 0 Å².